The minimum atomic E-state index is -5.24. The van der Waals surface area contributed by atoms with Gasteiger partial charge < -0.3 is 45.4 Å². The van der Waals surface area contributed by atoms with Crippen molar-refractivity contribution in [3.63, 3.8) is 0 Å². The number of fused-ring (bicyclic) bond motifs is 2. The van der Waals surface area contributed by atoms with Crippen molar-refractivity contribution in [3.05, 3.63) is 143 Å². The number of benzene rings is 5. The third-order valence-corrected chi connectivity index (χ3v) is 16.0. The van der Waals surface area contributed by atoms with Crippen molar-refractivity contribution in [2.75, 3.05) is 36.0 Å². The Morgan fingerprint density at radius 2 is 1.10 bits per heavy atom. The second-order valence-corrected chi connectivity index (χ2v) is 21.8. The van der Waals surface area contributed by atoms with E-state index in [1.807, 2.05) is 72.8 Å². The van der Waals surface area contributed by atoms with Gasteiger partial charge in [-0.2, -0.15) is 13.2 Å². The molecule has 0 spiro atoms. The molecule has 20 heteroatoms. The average Bonchev–Trinajstić information content (AvgIpc) is 2.79. The number of para-hydroxylation sites is 4. The monoisotopic (exact) mass is 1170 g/mol. The highest BCUT2D eigenvalue weighted by Crippen LogP contribution is 2.43. The molecular weight excluding hydrogens is 1090 g/mol. The summed E-state index contributed by atoms with van der Waals surface area (Å²) in [6.07, 6.45) is 6.00. The Bertz CT molecular complexity index is 3020. The van der Waals surface area contributed by atoms with Gasteiger partial charge >= 0.3 is 12.1 Å². The normalized spacial score (nSPS) is 21.0. The van der Waals surface area contributed by atoms with Crippen LogP contribution >= 0.6 is 12.4 Å². The standard InChI is InChI=1S/C36H41F3N4O5.C27H36N4O3.ClH/c1-24-12-11-13-25(2)42(24)20-9-4-10-21-43-29-16-7-8-17-31(29)47-32(34(43)44)28-22-27(33(40)41-48-35(45)36(37,38)39)18-19-30(28)46-23-26-14-5-3-6-15-26;1-18-9-8-10-19(2)30(18)15-6-3-7-16-31-22-11-4-5-12-24(22)34-25(27(31)33)21-17-20(26(28)29)13-14-23(21)32;/h3,5-8,14-19,22,24-25,32H,4,9-13,20-21,23H2,1-2H3,(H2,40,41);4-5,11-14,17-19,25,32H,3,6-10,15-16H2,1-2H3,(H3,28,29);1H/t24-,25+,32?;18-,19+,25?;. The van der Waals surface area contributed by atoms with E-state index in [4.69, 9.17) is 31.1 Å². The van der Waals surface area contributed by atoms with E-state index >= 15 is 0 Å². The summed E-state index contributed by atoms with van der Waals surface area (Å²) in [7, 11) is 0. The van der Waals surface area contributed by atoms with Crippen LogP contribution in [-0.2, 0) is 25.8 Å². The first-order valence-corrected chi connectivity index (χ1v) is 28.6. The van der Waals surface area contributed by atoms with E-state index in [-0.39, 0.29) is 48.0 Å². The number of nitrogens with zero attached hydrogens (tertiary/aromatic N) is 5. The fourth-order valence-corrected chi connectivity index (χ4v) is 11.5. The summed E-state index contributed by atoms with van der Waals surface area (Å²) in [5, 5.41) is 21.4. The summed E-state index contributed by atoms with van der Waals surface area (Å²) in [6.45, 7) is 12.6. The Hall–Kier alpha value is -7.35. The van der Waals surface area contributed by atoms with E-state index in [0.717, 1.165) is 62.9 Å². The van der Waals surface area contributed by atoms with Gasteiger partial charge in [0.1, 0.15) is 35.4 Å². The lowest BCUT2D eigenvalue weighted by atomic mass is 9.97. The van der Waals surface area contributed by atoms with Crippen LogP contribution in [0, 0.1) is 5.41 Å². The van der Waals surface area contributed by atoms with Crippen molar-refractivity contribution in [1.29, 1.82) is 5.41 Å². The Morgan fingerprint density at radius 1 is 0.639 bits per heavy atom. The number of nitrogens with two attached hydrogens (primary N) is 2. The molecule has 5 aromatic carbocycles. The average molecular weight is 1170 g/mol. The van der Waals surface area contributed by atoms with Crippen molar-refractivity contribution in [2.24, 2.45) is 16.6 Å². The summed E-state index contributed by atoms with van der Waals surface area (Å²) in [4.78, 5) is 51.6. The molecule has 4 heterocycles. The lowest BCUT2D eigenvalue weighted by Gasteiger charge is -2.39. The molecular formula is C63H78ClF3N8O8. The first-order valence-electron chi connectivity index (χ1n) is 28.6. The number of nitrogen functional groups attached to an aromatic ring is 1. The number of amides is 2. The summed E-state index contributed by atoms with van der Waals surface area (Å²) in [5.41, 5.74) is 15.0. The molecule has 6 N–H and O–H groups in total. The highest BCUT2D eigenvalue weighted by molar-refractivity contribution is 6.03. The molecule has 4 aliphatic rings. The van der Waals surface area contributed by atoms with Crippen LogP contribution in [0.3, 0.4) is 0 Å². The minimum Gasteiger partial charge on any atom is -0.508 e. The predicted octanol–water partition coefficient (Wildman–Crippen LogP) is 11.9. The number of ether oxygens (including phenoxy) is 3. The number of aromatic hydroxyl groups is 1. The van der Waals surface area contributed by atoms with Gasteiger partial charge in [0, 0.05) is 59.5 Å². The van der Waals surface area contributed by atoms with Crippen LogP contribution < -0.4 is 35.5 Å². The summed E-state index contributed by atoms with van der Waals surface area (Å²) in [5.74, 6) is -2.31. The topological polar surface area (TPSA) is 210 Å². The molecule has 0 aliphatic carbocycles. The number of likely N-dealkylation sites (tertiary alicyclic amines) is 2. The van der Waals surface area contributed by atoms with Crippen LogP contribution in [0.4, 0.5) is 24.5 Å². The number of unbranched alkanes of at least 4 members (excludes halogenated alkanes) is 4. The van der Waals surface area contributed by atoms with Crippen LogP contribution in [0.15, 0.2) is 120 Å². The molecule has 0 radical (unpaired) electrons. The molecule has 4 aliphatic heterocycles. The largest absolute Gasteiger partial charge is 0.508 e. The van der Waals surface area contributed by atoms with Crippen LogP contribution in [-0.4, -0.2) is 101 Å². The Morgan fingerprint density at radius 3 is 1.60 bits per heavy atom. The molecule has 2 amide bonds. The summed E-state index contributed by atoms with van der Waals surface area (Å²) < 4.78 is 56.5. The molecule has 0 bridgehead atoms. The Labute approximate surface area is 490 Å². The van der Waals surface area contributed by atoms with E-state index in [1.54, 1.807) is 28.0 Å². The maximum Gasteiger partial charge on any atom is 0.493 e. The highest BCUT2D eigenvalue weighted by Gasteiger charge is 2.42. The maximum absolute atomic E-state index is 14.2. The summed E-state index contributed by atoms with van der Waals surface area (Å²) >= 11 is 0. The fraction of sp³-hybridized carbons (Fsp3) is 0.444. The van der Waals surface area contributed by atoms with Gasteiger partial charge in [0.05, 0.1) is 11.4 Å². The SMILES string of the molecule is C[C@@H]1CCC[C@H](C)N1CCCCCN1C(=O)C(c2cc(C(=N)N)ccc2O)Oc2ccccc21.C[C@@H]1CCC[C@H](C)N1CCCCCN1C(=O)C(c2cc(C(N)=NOC(=O)C(F)(F)F)ccc2OCc2ccccc2)Oc2ccccc21.Cl. The molecule has 2 fully saturated rings. The molecule has 0 saturated carbocycles. The number of hydrogen-bond acceptors (Lipinski definition) is 12. The highest BCUT2D eigenvalue weighted by atomic mass is 35.5. The zero-order valence-corrected chi connectivity index (χ0v) is 48.5. The number of piperidine rings is 2. The van der Waals surface area contributed by atoms with Crippen molar-refractivity contribution >= 4 is 53.2 Å². The lowest BCUT2D eigenvalue weighted by Crippen LogP contribution is -2.44. The summed E-state index contributed by atoms with van der Waals surface area (Å²) in [6, 6.07) is 35.7. The predicted molar refractivity (Wildman–Crippen MR) is 317 cm³/mol. The van der Waals surface area contributed by atoms with Gasteiger partial charge in [-0.05, 0) is 158 Å². The van der Waals surface area contributed by atoms with E-state index in [1.165, 1.54) is 62.8 Å². The number of anilines is 2. The number of phenolic OH excluding ortho intramolecular Hbond substituents is 1. The quantitative estimate of drug-likeness (QED) is 0.0189. The number of carbonyl (C=O) groups excluding carboxylic acids is 3. The molecule has 2 saturated heterocycles. The van der Waals surface area contributed by atoms with E-state index in [0.29, 0.717) is 76.9 Å². The number of nitrogens with one attached hydrogen (secondary N) is 1. The third kappa shape index (κ3) is 16.1. The number of oxime groups is 1. The van der Waals surface area contributed by atoms with Gasteiger partial charge in [0.25, 0.3) is 11.8 Å². The Balaban J connectivity index is 0.000000249. The van der Waals surface area contributed by atoms with Crippen LogP contribution in [0.2, 0.25) is 0 Å². The second kappa shape index (κ2) is 29.3. The van der Waals surface area contributed by atoms with Crippen LogP contribution in [0.1, 0.15) is 145 Å². The molecule has 5 aromatic rings. The van der Waals surface area contributed by atoms with Gasteiger partial charge in [0.15, 0.2) is 5.84 Å². The molecule has 2 unspecified atom stereocenters. The van der Waals surface area contributed by atoms with Crippen LogP contribution in [0.25, 0.3) is 0 Å². The van der Waals surface area contributed by atoms with Crippen LogP contribution in [0.5, 0.6) is 23.0 Å². The number of rotatable bonds is 20. The number of phenols is 1. The first-order chi connectivity index (χ1) is 39.4. The molecule has 9 rings (SSSR count). The molecule has 16 nitrogen and oxygen atoms in total. The van der Waals surface area contributed by atoms with E-state index in [2.05, 4.69) is 47.5 Å². The van der Waals surface area contributed by atoms with Gasteiger partial charge in [-0.15, -0.1) is 12.4 Å². The molecule has 0 aromatic heterocycles. The van der Waals surface area contributed by atoms with Gasteiger partial charge in [0.2, 0.25) is 12.2 Å². The van der Waals surface area contributed by atoms with E-state index in [9.17, 15) is 32.7 Å². The number of hydrogen-bond donors (Lipinski definition) is 4. The van der Waals surface area contributed by atoms with Crippen molar-refractivity contribution in [3.8, 4) is 23.0 Å². The number of alkyl halides is 3. The lowest BCUT2D eigenvalue weighted by molar-refractivity contribution is -0.199. The minimum absolute atomic E-state index is 0. The first kappa shape index (κ1) is 63.2. The van der Waals surface area contributed by atoms with Crippen molar-refractivity contribution in [1.82, 2.24) is 9.80 Å². The number of carbonyl (C=O) groups is 3. The maximum atomic E-state index is 14.2. The van der Waals surface area contributed by atoms with Gasteiger partial charge in [-0.1, -0.05) is 85.4 Å². The molecule has 6 atom stereocenters. The van der Waals surface area contributed by atoms with Crippen molar-refractivity contribution < 1.29 is 51.7 Å². The third-order valence-electron chi connectivity index (χ3n) is 16.0. The van der Waals surface area contributed by atoms with Crippen molar-refractivity contribution in [2.45, 2.75) is 154 Å². The number of amidine groups is 2. The zero-order valence-electron chi connectivity index (χ0n) is 47.7. The molecule has 83 heavy (non-hydrogen) atoms. The number of halogens is 4. The smallest absolute Gasteiger partial charge is 0.493 e. The Kier molecular flexibility index (Phi) is 22.3. The second-order valence-electron chi connectivity index (χ2n) is 21.8. The van der Waals surface area contributed by atoms with Gasteiger partial charge in [-0.3, -0.25) is 24.8 Å². The fourth-order valence-electron chi connectivity index (χ4n) is 11.5. The zero-order chi connectivity index (χ0) is 58.5. The van der Waals surface area contributed by atoms with E-state index < -0.39 is 30.2 Å². The molecule has 446 valence electrons. The van der Waals surface area contributed by atoms with Gasteiger partial charge in [-0.25, -0.2) is 4.79 Å².